The molecule has 0 radical (unpaired) electrons. The molecule has 0 amide bonds. The van der Waals surface area contributed by atoms with Gasteiger partial charge in [-0.05, 0) is 44.7 Å². The molecule has 4 heteroatoms. The van der Waals surface area contributed by atoms with Crippen molar-refractivity contribution in [3.63, 3.8) is 0 Å². The Kier molecular flexibility index (Phi) is 3.27. The first-order chi connectivity index (χ1) is 8.53. The summed E-state index contributed by atoms with van der Waals surface area (Å²) < 4.78 is 0. The first kappa shape index (κ1) is 12.8. The van der Waals surface area contributed by atoms with Gasteiger partial charge in [0.05, 0.1) is 12.2 Å². The van der Waals surface area contributed by atoms with Gasteiger partial charge in [0.1, 0.15) is 11.9 Å². The van der Waals surface area contributed by atoms with Crippen LogP contribution in [0.1, 0.15) is 35.2 Å². The summed E-state index contributed by atoms with van der Waals surface area (Å²) >= 11 is 0. The van der Waals surface area contributed by atoms with Gasteiger partial charge in [0.2, 0.25) is 0 Å². The molecule has 0 unspecified atom stereocenters. The van der Waals surface area contributed by atoms with Crippen molar-refractivity contribution in [3.05, 3.63) is 22.4 Å². The molecule has 0 atom stereocenters. The first-order valence-corrected chi connectivity index (χ1v) is 6.25. The van der Waals surface area contributed by atoms with Gasteiger partial charge >= 0.3 is 0 Å². The van der Waals surface area contributed by atoms with E-state index < -0.39 is 0 Å². The van der Waals surface area contributed by atoms with E-state index in [2.05, 4.69) is 16.4 Å². The third-order valence-electron chi connectivity index (χ3n) is 4.03. The Morgan fingerprint density at radius 3 is 2.50 bits per heavy atom. The minimum atomic E-state index is 0.0150. The van der Waals surface area contributed by atoms with E-state index in [9.17, 15) is 10.4 Å². The second-order valence-corrected chi connectivity index (χ2v) is 5.29. The maximum Gasteiger partial charge on any atom is 0.144 e. The van der Waals surface area contributed by atoms with E-state index in [1.807, 2.05) is 20.8 Å². The molecule has 2 N–H and O–H groups in total. The van der Waals surface area contributed by atoms with E-state index in [1.165, 1.54) is 0 Å². The lowest BCUT2D eigenvalue weighted by atomic mass is 10.0. The summed E-state index contributed by atoms with van der Waals surface area (Å²) in [6, 6.07) is 2.22. The number of aliphatic hydroxyl groups excluding tert-OH is 1. The van der Waals surface area contributed by atoms with Crippen LogP contribution in [0.25, 0.3) is 0 Å². The molecule has 0 aliphatic heterocycles. The van der Waals surface area contributed by atoms with Crippen molar-refractivity contribution in [2.24, 2.45) is 5.41 Å². The van der Waals surface area contributed by atoms with Gasteiger partial charge in [-0.25, -0.2) is 4.98 Å². The Labute approximate surface area is 108 Å². The van der Waals surface area contributed by atoms with Crippen LogP contribution < -0.4 is 5.32 Å². The number of anilines is 1. The molecule has 4 nitrogen and oxygen atoms in total. The summed E-state index contributed by atoms with van der Waals surface area (Å²) in [5.74, 6) is 0.651. The maximum absolute atomic E-state index is 9.29. The summed E-state index contributed by atoms with van der Waals surface area (Å²) in [6.07, 6.45) is 2.09. The van der Waals surface area contributed by atoms with Crippen molar-refractivity contribution in [1.29, 1.82) is 5.26 Å². The van der Waals surface area contributed by atoms with Crippen LogP contribution >= 0.6 is 0 Å². The predicted molar refractivity (Wildman–Crippen MR) is 70.4 cm³/mol. The fraction of sp³-hybridized carbons (Fsp3) is 0.571. The summed E-state index contributed by atoms with van der Waals surface area (Å²) in [7, 11) is 0. The predicted octanol–water partition coefficient (Wildman–Crippen LogP) is 2.06. The smallest absolute Gasteiger partial charge is 0.144 e. The Morgan fingerprint density at radius 1 is 1.33 bits per heavy atom. The number of aliphatic hydroxyl groups is 1. The molecule has 0 spiro atoms. The van der Waals surface area contributed by atoms with Crippen molar-refractivity contribution in [3.8, 4) is 6.07 Å². The van der Waals surface area contributed by atoms with E-state index >= 15 is 0 Å². The number of nitrogens with one attached hydrogen (secondary N) is 1. The Balaban J connectivity index is 2.25. The van der Waals surface area contributed by atoms with Crippen LogP contribution in [0.4, 0.5) is 5.82 Å². The van der Waals surface area contributed by atoms with Crippen LogP contribution in [0.3, 0.4) is 0 Å². The topological polar surface area (TPSA) is 68.9 Å². The molecule has 1 aromatic heterocycles. The van der Waals surface area contributed by atoms with E-state index in [1.54, 1.807) is 0 Å². The van der Waals surface area contributed by atoms with Gasteiger partial charge in [0, 0.05) is 17.7 Å². The average Bonchev–Trinajstić information content (AvgIpc) is 3.14. The number of hydrogen-bond acceptors (Lipinski definition) is 4. The number of rotatable bonds is 4. The van der Waals surface area contributed by atoms with Crippen LogP contribution in [0.2, 0.25) is 0 Å². The van der Waals surface area contributed by atoms with Crippen molar-refractivity contribution in [2.45, 2.75) is 33.6 Å². The lowest BCUT2D eigenvalue weighted by Gasteiger charge is -2.16. The molecule has 18 heavy (non-hydrogen) atoms. The lowest BCUT2D eigenvalue weighted by Crippen LogP contribution is -2.20. The maximum atomic E-state index is 9.29. The van der Waals surface area contributed by atoms with Crippen LogP contribution in [-0.4, -0.2) is 23.2 Å². The van der Waals surface area contributed by atoms with Gasteiger partial charge in [-0.1, -0.05) is 0 Å². The molecule has 1 aliphatic carbocycles. The minimum Gasteiger partial charge on any atom is -0.396 e. The van der Waals surface area contributed by atoms with Crippen LogP contribution in [0, 0.1) is 37.5 Å². The van der Waals surface area contributed by atoms with Crippen LogP contribution in [0.15, 0.2) is 0 Å². The highest BCUT2D eigenvalue weighted by Gasteiger charge is 2.41. The number of aryl methyl sites for hydroxylation is 1. The number of aromatic nitrogens is 1. The molecule has 0 aromatic carbocycles. The highest BCUT2D eigenvalue weighted by atomic mass is 16.3. The SMILES string of the molecule is Cc1nc(NCC2(CO)CC2)c(C#N)c(C)c1C. The van der Waals surface area contributed by atoms with Crippen LogP contribution in [-0.2, 0) is 0 Å². The van der Waals surface area contributed by atoms with E-state index in [0.29, 0.717) is 17.9 Å². The quantitative estimate of drug-likeness (QED) is 0.852. The zero-order valence-electron chi connectivity index (χ0n) is 11.2. The number of hydrogen-bond donors (Lipinski definition) is 2. The fourth-order valence-corrected chi connectivity index (χ4v) is 2.05. The molecule has 1 saturated carbocycles. The molecular formula is C14H19N3O. The molecule has 1 heterocycles. The molecule has 1 aromatic rings. The summed E-state index contributed by atoms with van der Waals surface area (Å²) in [5, 5.41) is 21.8. The third kappa shape index (κ3) is 2.19. The lowest BCUT2D eigenvalue weighted by molar-refractivity contribution is 0.219. The zero-order valence-corrected chi connectivity index (χ0v) is 11.2. The number of nitriles is 1. The number of pyridine rings is 1. The molecule has 0 bridgehead atoms. The third-order valence-corrected chi connectivity index (χ3v) is 4.03. The Morgan fingerprint density at radius 2 is 2.00 bits per heavy atom. The van der Waals surface area contributed by atoms with Gasteiger partial charge in [-0.2, -0.15) is 5.26 Å². The summed E-state index contributed by atoms with van der Waals surface area (Å²) in [4.78, 5) is 4.45. The Bertz CT molecular complexity index is 513. The van der Waals surface area contributed by atoms with Gasteiger partial charge < -0.3 is 10.4 Å². The molecule has 96 valence electrons. The molecule has 2 rings (SSSR count). The molecule has 1 aliphatic rings. The van der Waals surface area contributed by atoms with E-state index in [-0.39, 0.29) is 12.0 Å². The van der Waals surface area contributed by atoms with E-state index in [4.69, 9.17) is 0 Å². The van der Waals surface area contributed by atoms with Crippen molar-refractivity contribution in [1.82, 2.24) is 4.98 Å². The van der Waals surface area contributed by atoms with Gasteiger partial charge in [0.25, 0.3) is 0 Å². The van der Waals surface area contributed by atoms with Gasteiger partial charge in [-0.15, -0.1) is 0 Å². The number of nitrogens with zero attached hydrogens (tertiary/aromatic N) is 2. The van der Waals surface area contributed by atoms with Crippen molar-refractivity contribution in [2.75, 3.05) is 18.5 Å². The van der Waals surface area contributed by atoms with E-state index in [0.717, 1.165) is 29.7 Å². The largest absolute Gasteiger partial charge is 0.396 e. The second kappa shape index (κ2) is 4.58. The standard InChI is InChI=1S/C14H19N3O/c1-9-10(2)12(6-15)13(17-11(9)3)16-7-14(8-18)4-5-14/h18H,4-5,7-8H2,1-3H3,(H,16,17). The minimum absolute atomic E-state index is 0.0150. The average molecular weight is 245 g/mol. The highest BCUT2D eigenvalue weighted by Crippen LogP contribution is 2.45. The van der Waals surface area contributed by atoms with Crippen LogP contribution in [0.5, 0.6) is 0 Å². The second-order valence-electron chi connectivity index (χ2n) is 5.29. The Hall–Kier alpha value is -1.60. The normalized spacial score (nSPS) is 16.2. The summed E-state index contributed by atoms with van der Waals surface area (Å²) in [6.45, 7) is 6.78. The fourth-order valence-electron chi connectivity index (χ4n) is 2.05. The summed E-state index contributed by atoms with van der Waals surface area (Å²) in [5.41, 5.74) is 3.64. The van der Waals surface area contributed by atoms with Crippen molar-refractivity contribution < 1.29 is 5.11 Å². The monoisotopic (exact) mass is 245 g/mol. The van der Waals surface area contributed by atoms with Crippen molar-refractivity contribution >= 4 is 5.82 Å². The zero-order chi connectivity index (χ0) is 13.3. The molecular weight excluding hydrogens is 226 g/mol. The highest BCUT2D eigenvalue weighted by molar-refractivity contribution is 5.59. The van der Waals surface area contributed by atoms with Gasteiger partial charge in [-0.3, -0.25) is 0 Å². The molecule has 0 saturated heterocycles. The molecule has 1 fully saturated rings. The van der Waals surface area contributed by atoms with Gasteiger partial charge in [0.15, 0.2) is 0 Å². The first-order valence-electron chi connectivity index (χ1n) is 6.25.